The lowest BCUT2D eigenvalue weighted by Crippen LogP contribution is -2.70. The summed E-state index contributed by atoms with van der Waals surface area (Å²) >= 11 is 0. The maximum Gasteiger partial charge on any atom is 0.174 e. The van der Waals surface area contributed by atoms with Crippen LogP contribution in [0.1, 0.15) is 27.7 Å². The summed E-state index contributed by atoms with van der Waals surface area (Å²) in [4.78, 5) is 0. The molecule has 3 aromatic carbocycles. The zero-order valence-electron chi connectivity index (χ0n) is 29.2. The summed E-state index contributed by atoms with van der Waals surface area (Å²) in [5.41, 5.74) is 4.68. The minimum Gasteiger partial charge on any atom is -0.497 e. The highest BCUT2D eigenvalue weighted by molar-refractivity contribution is 7.14. The SMILES string of the molecule is COc1cc(OC)c(OC)c([Si](c2cc(OC)cc(OC)c2OC)(c2cc(OC)cc(OC)c2OC)C2C(C)=C(C)C(C)=C2C)c1. The van der Waals surface area contributed by atoms with Crippen LogP contribution in [-0.2, 0) is 0 Å². The van der Waals surface area contributed by atoms with Gasteiger partial charge in [-0.2, -0.15) is 0 Å². The van der Waals surface area contributed by atoms with Gasteiger partial charge in [0.1, 0.15) is 17.2 Å². The van der Waals surface area contributed by atoms with Gasteiger partial charge in [-0.1, -0.05) is 11.1 Å². The summed E-state index contributed by atoms with van der Waals surface area (Å²) in [6.07, 6.45) is 0. The molecule has 10 heteroatoms. The Morgan fingerprint density at radius 2 is 0.674 bits per heavy atom. The largest absolute Gasteiger partial charge is 0.497 e. The third-order valence-electron chi connectivity index (χ3n) is 9.38. The molecule has 1 aliphatic rings. The van der Waals surface area contributed by atoms with Gasteiger partial charge < -0.3 is 42.6 Å². The third kappa shape index (κ3) is 5.28. The molecular weight excluding hydrogens is 604 g/mol. The molecule has 0 atom stereocenters. The lowest BCUT2D eigenvalue weighted by molar-refractivity contribution is 0.349. The Kier molecular flexibility index (Phi) is 10.4. The predicted molar refractivity (Wildman–Crippen MR) is 183 cm³/mol. The minimum absolute atomic E-state index is 0.172. The molecule has 4 rings (SSSR count). The summed E-state index contributed by atoms with van der Waals surface area (Å²) in [6, 6.07) is 11.6. The molecule has 248 valence electrons. The molecular formula is C36H46O9Si. The van der Waals surface area contributed by atoms with Crippen molar-refractivity contribution in [2.24, 2.45) is 0 Å². The molecule has 3 aromatic rings. The average Bonchev–Trinajstić information content (AvgIpc) is 3.28. The number of methoxy groups -OCH3 is 9. The molecule has 0 bridgehead atoms. The van der Waals surface area contributed by atoms with E-state index in [1.807, 2.05) is 36.4 Å². The Labute approximate surface area is 273 Å². The van der Waals surface area contributed by atoms with Crippen molar-refractivity contribution >= 4 is 23.6 Å². The van der Waals surface area contributed by atoms with Crippen LogP contribution in [0.15, 0.2) is 58.7 Å². The minimum atomic E-state index is -3.65. The van der Waals surface area contributed by atoms with Gasteiger partial charge in [0.2, 0.25) is 0 Å². The first-order chi connectivity index (χ1) is 22.1. The summed E-state index contributed by atoms with van der Waals surface area (Å²) in [5.74, 6) is 5.04. The van der Waals surface area contributed by atoms with E-state index >= 15 is 0 Å². The molecule has 0 N–H and O–H groups in total. The molecule has 9 nitrogen and oxygen atoms in total. The van der Waals surface area contributed by atoms with Gasteiger partial charge in [0.05, 0.1) is 64.0 Å². The highest BCUT2D eigenvalue weighted by Crippen LogP contribution is 2.51. The molecule has 0 saturated heterocycles. The second-order valence-electron chi connectivity index (χ2n) is 11.1. The Morgan fingerprint density at radius 3 is 0.891 bits per heavy atom. The normalized spacial score (nSPS) is 13.5. The Balaban J connectivity index is 2.53. The smallest absolute Gasteiger partial charge is 0.174 e. The summed E-state index contributed by atoms with van der Waals surface area (Å²) in [6.45, 7) is 8.73. The van der Waals surface area contributed by atoms with Gasteiger partial charge in [-0.3, -0.25) is 0 Å². The van der Waals surface area contributed by atoms with Crippen LogP contribution in [-0.4, -0.2) is 72.1 Å². The fourth-order valence-electron chi connectivity index (χ4n) is 6.95. The number of rotatable bonds is 13. The van der Waals surface area contributed by atoms with Crippen molar-refractivity contribution in [3.63, 3.8) is 0 Å². The van der Waals surface area contributed by atoms with E-state index in [2.05, 4.69) is 27.7 Å². The Bertz CT molecular complexity index is 1500. The maximum atomic E-state index is 6.29. The molecule has 0 heterocycles. The Hall–Kier alpha value is -4.44. The van der Waals surface area contributed by atoms with Crippen LogP contribution in [0.3, 0.4) is 0 Å². The zero-order valence-corrected chi connectivity index (χ0v) is 30.2. The lowest BCUT2D eigenvalue weighted by atomic mass is 10.1. The van der Waals surface area contributed by atoms with E-state index in [1.54, 1.807) is 64.0 Å². The van der Waals surface area contributed by atoms with Crippen LogP contribution < -0.4 is 58.2 Å². The molecule has 0 aromatic heterocycles. The summed E-state index contributed by atoms with van der Waals surface area (Å²) in [7, 11) is 11.1. The molecule has 0 amide bonds. The van der Waals surface area contributed by atoms with Crippen molar-refractivity contribution in [3.05, 3.63) is 58.7 Å². The van der Waals surface area contributed by atoms with Crippen LogP contribution >= 0.6 is 0 Å². The van der Waals surface area contributed by atoms with E-state index in [1.165, 1.54) is 22.3 Å². The second kappa shape index (κ2) is 13.9. The van der Waals surface area contributed by atoms with Crippen molar-refractivity contribution in [2.75, 3.05) is 64.0 Å². The second-order valence-corrected chi connectivity index (χ2v) is 14.9. The predicted octanol–water partition coefficient (Wildman–Crippen LogP) is 5.29. The van der Waals surface area contributed by atoms with Crippen molar-refractivity contribution in [1.82, 2.24) is 0 Å². The van der Waals surface area contributed by atoms with E-state index in [4.69, 9.17) is 42.6 Å². The Morgan fingerprint density at radius 1 is 0.391 bits per heavy atom. The number of allylic oxidation sites excluding steroid dienone is 4. The fraction of sp³-hybridized carbons (Fsp3) is 0.389. The van der Waals surface area contributed by atoms with Gasteiger partial charge >= 0.3 is 0 Å². The maximum absolute atomic E-state index is 6.29. The number of benzene rings is 3. The molecule has 0 unspecified atom stereocenters. The van der Waals surface area contributed by atoms with E-state index in [0.717, 1.165) is 15.6 Å². The topological polar surface area (TPSA) is 83.1 Å². The van der Waals surface area contributed by atoms with E-state index in [0.29, 0.717) is 51.7 Å². The van der Waals surface area contributed by atoms with Gasteiger partial charge in [0.15, 0.2) is 42.6 Å². The number of ether oxygens (including phenoxy) is 9. The van der Waals surface area contributed by atoms with Crippen molar-refractivity contribution in [2.45, 2.75) is 33.2 Å². The molecule has 46 heavy (non-hydrogen) atoms. The van der Waals surface area contributed by atoms with Gasteiger partial charge in [0.25, 0.3) is 0 Å². The van der Waals surface area contributed by atoms with Crippen LogP contribution in [0, 0.1) is 0 Å². The van der Waals surface area contributed by atoms with Crippen molar-refractivity contribution in [1.29, 1.82) is 0 Å². The third-order valence-corrected chi connectivity index (χ3v) is 14.8. The zero-order chi connectivity index (χ0) is 33.9. The van der Waals surface area contributed by atoms with Crippen molar-refractivity contribution in [3.8, 4) is 51.7 Å². The van der Waals surface area contributed by atoms with Gasteiger partial charge in [-0.15, -0.1) is 0 Å². The molecule has 0 fully saturated rings. The van der Waals surface area contributed by atoms with Crippen LogP contribution in [0.2, 0.25) is 5.54 Å². The van der Waals surface area contributed by atoms with E-state index in [-0.39, 0.29) is 5.54 Å². The van der Waals surface area contributed by atoms with Crippen LogP contribution in [0.4, 0.5) is 0 Å². The molecule has 0 aliphatic heterocycles. The van der Waals surface area contributed by atoms with E-state index in [9.17, 15) is 0 Å². The van der Waals surface area contributed by atoms with Crippen molar-refractivity contribution < 1.29 is 42.6 Å². The average molecular weight is 651 g/mol. The first kappa shape index (κ1) is 34.4. The fourth-order valence-corrected chi connectivity index (χ4v) is 13.3. The summed E-state index contributed by atoms with van der Waals surface area (Å²) in [5, 5.41) is 2.58. The molecule has 0 saturated carbocycles. The van der Waals surface area contributed by atoms with Crippen LogP contribution in [0.25, 0.3) is 0 Å². The number of hydrogen-bond donors (Lipinski definition) is 0. The monoisotopic (exact) mass is 650 g/mol. The van der Waals surface area contributed by atoms with Gasteiger partial charge in [-0.25, -0.2) is 0 Å². The quantitative estimate of drug-likeness (QED) is 0.181. The first-order valence-electron chi connectivity index (χ1n) is 14.8. The first-order valence-corrected chi connectivity index (χ1v) is 16.9. The highest BCUT2D eigenvalue weighted by Gasteiger charge is 2.56. The van der Waals surface area contributed by atoms with Gasteiger partial charge in [-0.05, 0) is 57.0 Å². The standard InChI is InChI=1S/C36H46O9Si/c1-20-21(2)23(4)36(22(20)3)46(30-17-24(37-5)14-27(40-8)33(30)43-11,31-18-25(38-6)15-28(41-9)34(31)44-12)32-19-26(39-7)16-29(42-10)35(32)45-13/h14-19,36H,1-13H3. The molecule has 0 radical (unpaired) electrons. The van der Waals surface area contributed by atoms with Gasteiger partial charge in [0, 0.05) is 39.3 Å². The molecule has 0 spiro atoms. The highest BCUT2D eigenvalue weighted by atomic mass is 28.3. The number of hydrogen-bond acceptors (Lipinski definition) is 9. The summed E-state index contributed by atoms with van der Waals surface area (Å²) < 4.78 is 54.5. The molecule has 1 aliphatic carbocycles. The van der Waals surface area contributed by atoms with E-state index < -0.39 is 8.07 Å². The lowest BCUT2D eigenvalue weighted by Gasteiger charge is -2.43. The van der Waals surface area contributed by atoms with Crippen LogP contribution in [0.5, 0.6) is 51.7 Å².